The van der Waals surface area contributed by atoms with E-state index in [9.17, 15) is 5.11 Å². The topological polar surface area (TPSA) is 58.0 Å². The normalized spacial score (nSPS) is 12.2. The Hall–Kier alpha value is -2.76. The molecule has 0 bridgehead atoms. The van der Waals surface area contributed by atoms with E-state index >= 15 is 0 Å². The molecule has 0 saturated carbocycles. The molecular weight excluding hydrogens is 330 g/mol. The average molecular weight is 347 g/mol. The van der Waals surface area contributed by atoms with Gasteiger partial charge in [0.15, 0.2) is 5.82 Å². The van der Waals surface area contributed by atoms with Crippen LogP contribution in [0.2, 0.25) is 0 Å². The van der Waals surface area contributed by atoms with E-state index in [0.29, 0.717) is 5.82 Å². The smallest absolute Gasteiger partial charge is 0.162 e. The molecule has 4 aromatic rings. The van der Waals surface area contributed by atoms with Gasteiger partial charge in [-0.3, -0.25) is 0 Å². The molecule has 4 nitrogen and oxygen atoms in total. The maximum absolute atomic E-state index is 9.86. The highest BCUT2D eigenvalue weighted by molar-refractivity contribution is 7.08. The third-order valence-corrected chi connectivity index (χ3v) is 4.76. The van der Waals surface area contributed by atoms with Gasteiger partial charge >= 0.3 is 0 Å². The molecule has 4 rings (SSSR count). The molecule has 1 unspecified atom stereocenters. The van der Waals surface area contributed by atoms with Crippen LogP contribution in [0.4, 0.5) is 5.82 Å². The number of hydrogen-bond donors (Lipinski definition) is 2. The monoisotopic (exact) mass is 347 g/mol. The maximum atomic E-state index is 9.86. The number of nitrogens with zero attached hydrogens (tertiary/aromatic N) is 2. The van der Waals surface area contributed by atoms with Crippen molar-refractivity contribution < 1.29 is 5.11 Å². The zero-order chi connectivity index (χ0) is 17.1. The quantitative estimate of drug-likeness (QED) is 0.558. The van der Waals surface area contributed by atoms with Gasteiger partial charge in [-0.25, -0.2) is 9.97 Å². The van der Waals surface area contributed by atoms with Gasteiger partial charge in [0.2, 0.25) is 0 Å². The summed E-state index contributed by atoms with van der Waals surface area (Å²) in [4.78, 5) is 9.41. The van der Waals surface area contributed by atoms with Crippen molar-refractivity contribution in [3.63, 3.8) is 0 Å². The Morgan fingerprint density at radius 1 is 0.960 bits per heavy atom. The van der Waals surface area contributed by atoms with E-state index in [2.05, 4.69) is 10.3 Å². The molecule has 1 atom stereocenters. The highest BCUT2D eigenvalue weighted by Crippen LogP contribution is 2.28. The minimum atomic E-state index is -0.227. The molecule has 0 saturated heterocycles. The number of para-hydroxylation sites is 1. The largest absolute Gasteiger partial charge is 0.394 e. The van der Waals surface area contributed by atoms with E-state index in [1.54, 1.807) is 11.3 Å². The number of thiophene rings is 1. The molecule has 0 aliphatic rings. The number of nitrogens with one attached hydrogen (secondary N) is 1. The second kappa shape index (κ2) is 7.01. The van der Waals surface area contributed by atoms with Crippen LogP contribution in [0.15, 0.2) is 71.4 Å². The zero-order valence-electron chi connectivity index (χ0n) is 13.5. The maximum Gasteiger partial charge on any atom is 0.162 e. The molecule has 0 spiro atoms. The van der Waals surface area contributed by atoms with Gasteiger partial charge in [0, 0.05) is 16.3 Å². The Kier molecular flexibility index (Phi) is 4.41. The lowest BCUT2D eigenvalue weighted by molar-refractivity contribution is 0.276. The van der Waals surface area contributed by atoms with Crippen LogP contribution in [-0.4, -0.2) is 21.7 Å². The Morgan fingerprint density at radius 3 is 2.52 bits per heavy atom. The second-order valence-electron chi connectivity index (χ2n) is 5.72. The molecule has 2 heterocycles. The van der Waals surface area contributed by atoms with Crippen LogP contribution in [0.1, 0.15) is 11.6 Å². The molecule has 0 aliphatic heterocycles. The summed E-state index contributed by atoms with van der Waals surface area (Å²) in [5.74, 6) is 1.42. The predicted octanol–water partition coefficient (Wildman–Crippen LogP) is 4.50. The Bertz CT molecular complexity index is 971. The first kappa shape index (κ1) is 15.7. The molecule has 5 heteroatoms. The fourth-order valence-electron chi connectivity index (χ4n) is 2.79. The van der Waals surface area contributed by atoms with Gasteiger partial charge in [0.25, 0.3) is 0 Å². The van der Waals surface area contributed by atoms with Gasteiger partial charge < -0.3 is 10.4 Å². The van der Waals surface area contributed by atoms with Crippen LogP contribution in [0.25, 0.3) is 22.3 Å². The minimum absolute atomic E-state index is 0.0177. The number of anilines is 1. The van der Waals surface area contributed by atoms with Crippen molar-refractivity contribution in [2.75, 3.05) is 11.9 Å². The third-order valence-electron chi connectivity index (χ3n) is 4.08. The first-order valence-corrected chi connectivity index (χ1v) is 9.01. The van der Waals surface area contributed by atoms with Crippen molar-refractivity contribution >= 4 is 28.1 Å². The van der Waals surface area contributed by atoms with E-state index in [1.165, 1.54) is 0 Å². The van der Waals surface area contributed by atoms with Crippen LogP contribution >= 0.6 is 11.3 Å². The van der Waals surface area contributed by atoms with E-state index in [0.717, 1.165) is 27.8 Å². The van der Waals surface area contributed by atoms with Crippen molar-refractivity contribution in [1.82, 2.24) is 9.97 Å². The fourth-order valence-corrected chi connectivity index (χ4v) is 3.43. The minimum Gasteiger partial charge on any atom is -0.394 e. The van der Waals surface area contributed by atoms with Crippen molar-refractivity contribution in [3.05, 3.63) is 77.0 Å². The second-order valence-corrected chi connectivity index (χ2v) is 6.50. The van der Waals surface area contributed by atoms with Crippen molar-refractivity contribution in [2.45, 2.75) is 6.04 Å². The molecule has 2 N–H and O–H groups in total. The number of aliphatic hydroxyl groups excluding tert-OH is 1. The van der Waals surface area contributed by atoms with Gasteiger partial charge in [-0.05, 0) is 29.1 Å². The molecule has 2 aromatic carbocycles. The number of aliphatic hydroxyl groups is 1. The van der Waals surface area contributed by atoms with E-state index in [-0.39, 0.29) is 12.6 Å². The number of aromatic nitrogens is 2. The Balaban J connectivity index is 1.80. The zero-order valence-corrected chi connectivity index (χ0v) is 14.3. The van der Waals surface area contributed by atoms with E-state index in [1.807, 2.05) is 71.4 Å². The summed E-state index contributed by atoms with van der Waals surface area (Å²) in [6.07, 6.45) is 0. The Morgan fingerprint density at radius 2 is 1.76 bits per heavy atom. The van der Waals surface area contributed by atoms with Crippen LogP contribution < -0.4 is 5.32 Å². The van der Waals surface area contributed by atoms with Crippen LogP contribution in [0, 0.1) is 0 Å². The van der Waals surface area contributed by atoms with Gasteiger partial charge in [-0.15, -0.1) is 0 Å². The van der Waals surface area contributed by atoms with Crippen LogP contribution in [0.3, 0.4) is 0 Å². The summed E-state index contributed by atoms with van der Waals surface area (Å²) in [6, 6.07) is 19.6. The van der Waals surface area contributed by atoms with Gasteiger partial charge in [-0.1, -0.05) is 42.5 Å². The van der Waals surface area contributed by atoms with Crippen molar-refractivity contribution in [2.24, 2.45) is 0 Å². The lowest BCUT2D eigenvalue weighted by Crippen LogP contribution is -2.16. The lowest BCUT2D eigenvalue weighted by atomic mass is 10.1. The fraction of sp³-hybridized carbons (Fsp3) is 0.100. The summed E-state index contributed by atoms with van der Waals surface area (Å²) < 4.78 is 0. The van der Waals surface area contributed by atoms with Gasteiger partial charge in [0.1, 0.15) is 5.82 Å². The third kappa shape index (κ3) is 3.24. The van der Waals surface area contributed by atoms with E-state index < -0.39 is 0 Å². The summed E-state index contributed by atoms with van der Waals surface area (Å²) in [5.41, 5.74) is 2.90. The molecule has 0 radical (unpaired) electrons. The Labute approximate surface area is 149 Å². The number of fused-ring (bicyclic) bond motifs is 1. The summed E-state index contributed by atoms with van der Waals surface area (Å²) in [6.45, 7) is -0.0177. The summed E-state index contributed by atoms with van der Waals surface area (Å²) >= 11 is 1.62. The van der Waals surface area contributed by atoms with E-state index in [4.69, 9.17) is 4.98 Å². The SMILES string of the molecule is OCC(Nc1nc(-c2ccsc2)nc2ccccc12)c1ccccc1. The first-order valence-electron chi connectivity index (χ1n) is 8.07. The predicted molar refractivity (Wildman–Crippen MR) is 103 cm³/mol. The molecule has 2 aromatic heterocycles. The summed E-state index contributed by atoms with van der Waals surface area (Å²) in [7, 11) is 0. The first-order chi connectivity index (χ1) is 12.3. The van der Waals surface area contributed by atoms with Crippen LogP contribution in [0.5, 0.6) is 0 Å². The highest BCUT2D eigenvalue weighted by atomic mass is 32.1. The summed E-state index contributed by atoms with van der Waals surface area (Å²) in [5, 5.41) is 18.2. The molecule has 124 valence electrons. The lowest BCUT2D eigenvalue weighted by Gasteiger charge is -2.19. The standard InChI is InChI=1S/C20H17N3OS/c24-12-18(14-6-2-1-3-7-14)22-20-16-8-4-5-9-17(16)21-19(23-20)15-10-11-25-13-15/h1-11,13,18,24H,12H2,(H,21,22,23). The molecule has 0 fully saturated rings. The average Bonchev–Trinajstić information content (AvgIpc) is 3.21. The van der Waals surface area contributed by atoms with Crippen molar-refractivity contribution in [1.29, 1.82) is 0 Å². The number of benzene rings is 2. The molecule has 0 aliphatic carbocycles. The molecule has 25 heavy (non-hydrogen) atoms. The van der Waals surface area contributed by atoms with Gasteiger partial charge in [0.05, 0.1) is 18.2 Å². The van der Waals surface area contributed by atoms with Crippen molar-refractivity contribution in [3.8, 4) is 11.4 Å². The van der Waals surface area contributed by atoms with Crippen LogP contribution in [-0.2, 0) is 0 Å². The number of rotatable bonds is 5. The molecular formula is C20H17N3OS. The van der Waals surface area contributed by atoms with Gasteiger partial charge in [-0.2, -0.15) is 11.3 Å². The molecule has 0 amide bonds. The highest BCUT2D eigenvalue weighted by Gasteiger charge is 2.15. The number of hydrogen-bond acceptors (Lipinski definition) is 5.